The summed E-state index contributed by atoms with van der Waals surface area (Å²) in [6.45, 7) is 9.41. The summed E-state index contributed by atoms with van der Waals surface area (Å²) in [5.41, 5.74) is 1.02. The Kier molecular flexibility index (Phi) is 3.76. The fraction of sp³-hybridized carbons (Fsp3) is 0.562. The third-order valence-corrected chi connectivity index (χ3v) is 4.63. The zero-order valence-electron chi connectivity index (χ0n) is 13.2. The molecule has 1 aromatic rings. The van der Waals surface area contributed by atoms with Crippen molar-refractivity contribution in [3.63, 3.8) is 0 Å². The lowest BCUT2D eigenvalue weighted by atomic mass is 9.88. The van der Waals surface area contributed by atoms with Crippen LogP contribution in [0.3, 0.4) is 0 Å². The van der Waals surface area contributed by atoms with E-state index in [0.717, 1.165) is 43.0 Å². The van der Waals surface area contributed by atoms with Crippen molar-refractivity contribution in [2.75, 3.05) is 23.7 Å². The van der Waals surface area contributed by atoms with Gasteiger partial charge in [-0.2, -0.15) is 0 Å². The molecule has 1 fully saturated rings. The molecule has 3 rings (SSSR count). The van der Waals surface area contributed by atoms with E-state index in [1.807, 2.05) is 4.90 Å². The lowest BCUT2D eigenvalue weighted by molar-refractivity contribution is -0.133. The summed E-state index contributed by atoms with van der Waals surface area (Å²) in [5.74, 6) is 1.81. The predicted molar refractivity (Wildman–Crippen MR) is 86.9 cm³/mol. The Morgan fingerprint density at radius 2 is 2.36 bits per heavy atom. The number of carbonyl (C=O) groups excluding carboxylic acids is 1. The number of piperidine rings is 1. The van der Waals surface area contributed by atoms with Crippen LogP contribution >= 0.6 is 0 Å². The van der Waals surface area contributed by atoms with E-state index in [4.69, 9.17) is 0 Å². The van der Waals surface area contributed by atoms with Crippen molar-refractivity contribution in [3.8, 4) is 0 Å². The summed E-state index contributed by atoms with van der Waals surface area (Å²) in [4.78, 5) is 22.7. The van der Waals surface area contributed by atoms with Gasteiger partial charge in [-0.3, -0.25) is 4.79 Å². The lowest BCUT2D eigenvalue weighted by Crippen LogP contribution is -2.55. The summed E-state index contributed by atoms with van der Waals surface area (Å²) in [6, 6.07) is 0.205. The van der Waals surface area contributed by atoms with Gasteiger partial charge in [0, 0.05) is 30.2 Å². The van der Waals surface area contributed by atoms with Crippen LogP contribution in [0.4, 0.5) is 11.6 Å². The van der Waals surface area contributed by atoms with Gasteiger partial charge in [0.05, 0.1) is 0 Å². The zero-order valence-corrected chi connectivity index (χ0v) is 13.2. The summed E-state index contributed by atoms with van der Waals surface area (Å²) in [7, 11) is 0. The van der Waals surface area contributed by atoms with Crippen molar-refractivity contribution >= 4 is 17.5 Å². The SMILES string of the molecule is C=CC(=O)N1CC(Nc2ncnc3c2CCN3)CCC1(C)C. The lowest BCUT2D eigenvalue weighted by Gasteiger charge is -2.45. The minimum atomic E-state index is -0.126. The smallest absolute Gasteiger partial charge is 0.246 e. The third-order valence-electron chi connectivity index (χ3n) is 4.63. The van der Waals surface area contributed by atoms with Crippen LogP contribution in [-0.4, -0.2) is 45.4 Å². The molecule has 2 aliphatic rings. The van der Waals surface area contributed by atoms with Crippen molar-refractivity contribution in [3.05, 3.63) is 24.5 Å². The monoisotopic (exact) mass is 301 g/mol. The van der Waals surface area contributed by atoms with Gasteiger partial charge in [0.25, 0.3) is 0 Å². The van der Waals surface area contributed by atoms with E-state index < -0.39 is 0 Å². The van der Waals surface area contributed by atoms with Gasteiger partial charge in [-0.1, -0.05) is 6.58 Å². The van der Waals surface area contributed by atoms with Crippen LogP contribution in [0.1, 0.15) is 32.3 Å². The molecule has 1 amide bonds. The molecule has 6 heteroatoms. The second kappa shape index (κ2) is 5.59. The van der Waals surface area contributed by atoms with Crippen molar-refractivity contribution in [1.82, 2.24) is 14.9 Å². The molecule has 1 atom stereocenters. The highest BCUT2D eigenvalue weighted by Crippen LogP contribution is 2.31. The van der Waals surface area contributed by atoms with Crippen molar-refractivity contribution in [1.29, 1.82) is 0 Å². The minimum absolute atomic E-state index is 0.00826. The summed E-state index contributed by atoms with van der Waals surface area (Å²) < 4.78 is 0. The Labute approximate surface area is 131 Å². The van der Waals surface area contributed by atoms with Crippen LogP contribution in [0.2, 0.25) is 0 Å². The normalized spacial score (nSPS) is 22.6. The second-order valence-corrected chi connectivity index (χ2v) is 6.57. The van der Waals surface area contributed by atoms with E-state index in [1.165, 1.54) is 6.08 Å². The molecule has 6 nitrogen and oxygen atoms in total. The maximum atomic E-state index is 12.1. The maximum absolute atomic E-state index is 12.1. The van der Waals surface area contributed by atoms with Gasteiger partial charge in [0.15, 0.2) is 0 Å². The van der Waals surface area contributed by atoms with Crippen LogP contribution in [0, 0.1) is 0 Å². The van der Waals surface area contributed by atoms with Crippen molar-refractivity contribution in [2.24, 2.45) is 0 Å². The molecular formula is C16H23N5O. The van der Waals surface area contributed by atoms with E-state index in [0.29, 0.717) is 6.54 Å². The first kappa shape index (κ1) is 14.8. The Hall–Kier alpha value is -2.11. The topological polar surface area (TPSA) is 70.2 Å². The van der Waals surface area contributed by atoms with Gasteiger partial charge in [0.2, 0.25) is 5.91 Å². The number of nitrogens with one attached hydrogen (secondary N) is 2. The summed E-state index contributed by atoms with van der Waals surface area (Å²) in [6.07, 6.45) is 5.89. The molecule has 0 radical (unpaired) electrons. The molecule has 2 N–H and O–H groups in total. The molecule has 118 valence electrons. The summed E-state index contributed by atoms with van der Waals surface area (Å²) in [5, 5.41) is 6.77. The van der Waals surface area contributed by atoms with E-state index in [1.54, 1.807) is 6.33 Å². The number of hydrogen-bond donors (Lipinski definition) is 2. The van der Waals surface area contributed by atoms with Gasteiger partial charge in [0.1, 0.15) is 18.0 Å². The van der Waals surface area contributed by atoms with Gasteiger partial charge < -0.3 is 15.5 Å². The Balaban J connectivity index is 1.76. The van der Waals surface area contributed by atoms with Crippen LogP contribution in [-0.2, 0) is 11.2 Å². The first-order chi connectivity index (χ1) is 10.5. The number of aromatic nitrogens is 2. The van der Waals surface area contributed by atoms with E-state index in [-0.39, 0.29) is 17.5 Å². The number of anilines is 2. The number of carbonyl (C=O) groups is 1. The summed E-state index contributed by atoms with van der Waals surface area (Å²) >= 11 is 0. The quantitative estimate of drug-likeness (QED) is 0.833. The number of rotatable bonds is 3. The predicted octanol–water partition coefficient (Wildman–Crippen LogP) is 1.81. The molecule has 1 unspecified atom stereocenters. The third kappa shape index (κ3) is 2.65. The fourth-order valence-electron chi connectivity index (χ4n) is 3.26. The van der Waals surface area contributed by atoms with Gasteiger partial charge >= 0.3 is 0 Å². The Morgan fingerprint density at radius 1 is 1.55 bits per heavy atom. The molecule has 0 spiro atoms. The first-order valence-electron chi connectivity index (χ1n) is 7.79. The molecule has 0 saturated carbocycles. The number of nitrogens with zero attached hydrogens (tertiary/aromatic N) is 3. The maximum Gasteiger partial charge on any atom is 0.246 e. The second-order valence-electron chi connectivity index (χ2n) is 6.57. The molecule has 0 aliphatic carbocycles. The molecule has 2 aliphatic heterocycles. The number of fused-ring (bicyclic) bond motifs is 1. The number of likely N-dealkylation sites (tertiary alicyclic amines) is 1. The molecule has 0 bridgehead atoms. The molecule has 1 aromatic heterocycles. The van der Waals surface area contributed by atoms with E-state index in [2.05, 4.69) is 41.0 Å². The molecule has 22 heavy (non-hydrogen) atoms. The Morgan fingerprint density at radius 3 is 3.14 bits per heavy atom. The highest BCUT2D eigenvalue weighted by atomic mass is 16.2. The highest BCUT2D eigenvalue weighted by Gasteiger charge is 2.36. The van der Waals surface area contributed by atoms with E-state index >= 15 is 0 Å². The molecule has 1 saturated heterocycles. The van der Waals surface area contributed by atoms with Crippen molar-refractivity contribution < 1.29 is 4.79 Å². The van der Waals surface area contributed by atoms with Gasteiger partial charge in [-0.15, -0.1) is 0 Å². The Bertz CT molecular complexity index is 598. The van der Waals surface area contributed by atoms with Crippen LogP contribution in [0.5, 0.6) is 0 Å². The highest BCUT2D eigenvalue weighted by molar-refractivity contribution is 5.87. The van der Waals surface area contributed by atoms with E-state index in [9.17, 15) is 4.79 Å². The van der Waals surface area contributed by atoms with Crippen LogP contribution in [0.15, 0.2) is 19.0 Å². The van der Waals surface area contributed by atoms with Crippen molar-refractivity contribution in [2.45, 2.75) is 44.7 Å². The number of hydrogen-bond acceptors (Lipinski definition) is 5. The minimum Gasteiger partial charge on any atom is -0.369 e. The van der Waals surface area contributed by atoms with Crippen LogP contribution in [0.25, 0.3) is 0 Å². The van der Waals surface area contributed by atoms with Gasteiger partial charge in [-0.25, -0.2) is 9.97 Å². The molecule has 0 aromatic carbocycles. The largest absolute Gasteiger partial charge is 0.369 e. The average Bonchev–Trinajstić information content (AvgIpc) is 2.98. The molecule has 3 heterocycles. The van der Waals surface area contributed by atoms with Crippen LogP contribution < -0.4 is 10.6 Å². The zero-order chi connectivity index (χ0) is 15.7. The number of amides is 1. The molecular weight excluding hydrogens is 278 g/mol. The fourth-order valence-corrected chi connectivity index (χ4v) is 3.26. The van der Waals surface area contributed by atoms with Gasteiger partial charge in [-0.05, 0) is 39.2 Å². The average molecular weight is 301 g/mol. The standard InChI is InChI=1S/C16H23N5O/c1-4-13(22)21-9-11(5-7-16(21,2)3)20-15-12-6-8-17-14(12)18-10-19-15/h4,10-11H,1,5-9H2,2-3H3,(H2,17,18,19,20). The first-order valence-corrected chi connectivity index (χ1v) is 7.79.